The fraction of sp³-hybridized carbons (Fsp3) is 0.250. The van der Waals surface area contributed by atoms with Gasteiger partial charge in [-0.3, -0.25) is 9.59 Å². The van der Waals surface area contributed by atoms with E-state index in [9.17, 15) is 14.0 Å². The van der Waals surface area contributed by atoms with Gasteiger partial charge in [-0.15, -0.1) is 11.3 Å². The fourth-order valence-corrected chi connectivity index (χ4v) is 3.56. The first-order valence-electron chi connectivity index (χ1n) is 7.28. The maximum Gasteiger partial charge on any atom is 0.265 e. The standard InChI is InChI=1S/C16H15FN4O2S/c1-21-13(22)7-11(14(20-21)15(18)23)16-19-8-10(24-16)6-9-4-2-3-5-12(9)17/h2-5,8,11H,6-7H2,1H3,(H2,18,23). The van der Waals surface area contributed by atoms with Crippen LogP contribution >= 0.6 is 11.3 Å². The van der Waals surface area contributed by atoms with Crippen LogP contribution in [-0.2, 0) is 16.0 Å². The molecule has 0 radical (unpaired) electrons. The van der Waals surface area contributed by atoms with Gasteiger partial charge in [-0.25, -0.2) is 14.4 Å². The van der Waals surface area contributed by atoms with Crippen LogP contribution in [0.4, 0.5) is 4.39 Å². The number of hydrazone groups is 1. The van der Waals surface area contributed by atoms with E-state index in [0.29, 0.717) is 17.0 Å². The first kappa shape index (κ1) is 16.3. The van der Waals surface area contributed by atoms with Gasteiger partial charge in [0.05, 0.1) is 5.92 Å². The molecule has 0 saturated heterocycles. The number of benzene rings is 1. The number of aromatic nitrogens is 1. The van der Waals surface area contributed by atoms with E-state index < -0.39 is 11.8 Å². The normalized spacial score (nSPS) is 17.8. The molecule has 1 aromatic heterocycles. The van der Waals surface area contributed by atoms with Crippen molar-refractivity contribution in [1.29, 1.82) is 0 Å². The third-order valence-corrected chi connectivity index (χ3v) is 4.88. The molecule has 8 heteroatoms. The van der Waals surface area contributed by atoms with Crippen molar-refractivity contribution in [3.8, 4) is 0 Å². The molecule has 24 heavy (non-hydrogen) atoms. The molecule has 3 rings (SSSR count). The van der Waals surface area contributed by atoms with Gasteiger partial charge in [-0.2, -0.15) is 5.10 Å². The maximum absolute atomic E-state index is 13.8. The lowest BCUT2D eigenvalue weighted by atomic mass is 9.97. The Morgan fingerprint density at radius 3 is 2.92 bits per heavy atom. The van der Waals surface area contributed by atoms with Crippen LogP contribution in [0.5, 0.6) is 0 Å². The number of halogens is 1. The van der Waals surface area contributed by atoms with E-state index in [1.54, 1.807) is 24.4 Å². The number of rotatable bonds is 4. The lowest BCUT2D eigenvalue weighted by molar-refractivity contribution is -0.130. The molecule has 0 saturated carbocycles. The Bertz CT molecular complexity index is 833. The van der Waals surface area contributed by atoms with E-state index in [-0.39, 0.29) is 23.9 Å². The largest absolute Gasteiger partial charge is 0.364 e. The van der Waals surface area contributed by atoms with Crippen LogP contribution in [-0.4, -0.2) is 34.6 Å². The molecule has 2 N–H and O–H groups in total. The molecule has 1 aliphatic heterocycles. The highest BCUT2D eigenvalue weighted by Crippen LogP contribution is 2.30. The molecule has 0 fully saturated rings. The Balaban J connectivity index is 1.87. The first-order valence-corrected chi connectivity index (χ1v) is 8.10. The molecular formula is C16H15FN4O2S. The van der Waals surface area contributed by atoms with E-state index in [4.69, 9.17) is 5.73 Å². The van der Waals surface area contributed by atoms with Crippen LogP contribution in [0.25, 0.3) is 0 Å². The van der Waals surface area contributed by atoms with E-state index in [2.05, 4.69) is 10.1 Å². The molecule has 2 aromatic rings. The van der Waals surface area contributed by atoms with Gasteiger partial charge in [0.1, 0.15) is 16.5 Å². The van der Waals surface area contributed by atoms with Crippen LogP contribution in [0, 0.1) is 5.82 Å². The monoisotopic (exact) mass is 346 g/mol. The number of primary amides is 1. The van der Waals surface area contributed by atoms with Crippen molar-refractivity contribution in [2.24, 2.45) is 10.8 Å². The Labute approximate surface area is 141 Å². The minimum Gasteiger partial charge on any atom is -0.364 e. The minimum absolute atomic E-state index is 0.0882. The van der Waals surface area contributed by atoms with Gasteiger partial charge >= 0.3 is 0 Å². The van der Waals surface area contributed by atoms with Gasteiger partial charge in [-0.1, -0.05) is 18.2 Å². The second-order valence-electron chi connectivity index (χ2n) is 5.46. The molecule has 0 bridgehead atoms. The van der Waals surface area contributed by atoms with Gasteiger partial charge in [0, 0.05) is 31.0 Å². The van der Waals surface area contributed by atoms with Crippen LogP contribution in [0.3, 0.4) is 0 Å². The van der Waals surface area contributed by atoms with Crippen molar-refractivity contribution < 1.29 is 14.0 Å². The van der Waals surface area contributed by atoms with E-state index in [1.807, 2.05) is 0 Å². The summed E-state index contributed by atoms with van der Waals surface area (Å²) < 4.78 is 13.8. The molecule has 1 unspecified atom stereocenters. The van der Waals surface area contributed by atoms with Crippen molar-refractivity contribution in [2.75, 3.05) is 7.05 Å². The zero-order valence-corrected chi connectivity index (χ0v) is 13.7. The van der Waals surface area contributed by atoms with Gasteiger partial charge in [0.15, 0.2) is 0 Å². The minimum atomic E-state index is -0.676. The molecule has 2 amide bonds. The zero-order chi connectivity index (χ0) is 17.3. The molecule has 0 aliphatic carbocycles. The number of hydrogen-bond acceptors (Lipinski definition) is 5. The Morgan fingerprint density at radius 2 is 2.21 bits per heavy atom. The van der Waals surface area contributed by atoms with Crippen molar-refractivity contribution in [1.82, 2.24) is 9.99 Å². The van der Waals surface area contributed by atoms with Gasteiger partial charge in [0.2, 0.25) is 5.91 Å². The number of hydrogen-bond donors (Lipinski definition) is 1. The number of nitrogens with two attached hydrogens (primary N) is 1. The van der Waals surface area contributed by atoms with Crippen LogP contribution < -0.4 is 5.73 Å². The Hall–Kier alpha value is -2.61. The van der Waals surface area contributed by atoms with Crippen molar-refractivity contribution in [2.45, 2.75) is 18.8 Å². The third kappa shape index (κ3) is 3.18. The highest BCUT2D eigenvalue weighted by Gasteiger charge is 2.34. The van der Waals surface area contributed by atoms with Gasteiger partial charge < -0.3 is 5.73 Å². The second-order valence-corrected chi connectivity index (χ2v) is 6.60. The van der Waals surface area contributed by atoms with E-state index in [0.717, 1.165) is 9.89 Å². The predicted octanol–water partition coefficient (Wildman–Crippen LogP) is 1.66. The SMILES string of the molecule is CN1N=C(C(N)=O)C(c2ncc(Cc3ccccc3F)s2)CC1=O. The maximum atomic E-state index is 13.8. The summed E-state index contributed by atoms with van der Waals surface area (Å²) in [5.41, 5.74) is 6.05. The summed E-state index contributed by atoms with van der Waals surface area (Å²) >= 11 is 1.33. The summed E-state index contributed by atoms with van der Waals surface area (Å²) in [5, 5.41) is 5.66. The summed E-state index contributed by atoms with van der Waals surface area (Å²) in [6.45, 7) is 0. The Kier molecular flexibility index (Phi) is 4.39. The van der Waals surface area contributed by atoms with Crippen molar-refractivity contribution >= 4 is 28.9 Å². The topological polar surface area (TPSA) is 88.7 Å². The quantitative estimate of drug-likeness (QED) is 0.913. The highest BCUT2D eigenvalue weighted by molar-refractivity contribution is 7.11. The lowest BCUT2D eigenvalue weighted by Crippen LogP contribution is -2.39. The van der Waals surface area contributed by atoms with Crippen LogP contribution in [0.2, 0.25) is 0 Å². The molecule has 1 aliphatic rings. The summed E-state index contributed by atoms with van der Waals surface area (Å²) in [6, 6.07) is 6.53. The molecular weight excluding hydrogens is 331 g/mol. The smallest absolute Gasteiger partial charge is 0.265 e. The Morgan fingerprint density at radius 1 is 1.46 bits per heavy atom. The summed E-state index contributed by atoms with van der Waals surface area (Å²) in [7, 11) is 1.48. The van der Waals surface area contributed by atoms with Crippen LogP contribution in [0.15, 0.2) is 35.6 Å². The number of thiazole rings is 1. The average molecular weight is 346 g/mol. The number of amides is 2. The molecule has 1 aromatic carbocycles. The summed E-state index contributed by atoms with van der Waals surface area (Å²) in [6.07, 6.45) is 2.12. The number of nitrogens with zero attached hydrogens (tertiary/aromatic N) is 3. The molecule has 2 heterocycles. The third-order valence-electron chi connectivity index (χ3n) is 3.77. The van der Waals surface area contributed by atoms with E-state index in [1.165, 1.54) is 24.5 Å². The fourth-order valence-electron chi connectivity index (χ4n) is 2.51. The predicted molar refractivity (Wildman–Crippen MR) is 88.1 cm³/mol. The molecule has 6 nitrogen and oxygen atoms in total. The molecule has 1 atom stereocenters. The number of carbonyl (C=O) groups is 2. The first-order chi connectivity index (χ1) is 11.5. The lowest BCUT2D eigenvalue weighted by Gasteiger charge is -2.24. The van der Waals surface area contributed by atoms with Crippen molar-refractivity contribution in [3.05, 3.63) is 51.7 Å². The second kappa shape index (κ2) is 6.48. The summed E-state index contributed by atoms with van der Waals surface area (Å²) in [5.74, 6) is -1.71. The molecule has 124 valence electrons. The highest BCUT2D eigenvalue weighted by atomic mass is 32.1. The zero-order valence-electron chi connectivity index (χ0n) is 12.9. The molecule has 0 spiro atoms. The number of carbonyl (C=O) groups excluding carboxylic acids is 2. The summed E-state index contributed by atoms with van der Waals surface area (Å²) in [4.78, 5) is 28.6. The van der Waals surface area contributed by atoms with Crippen LogP contribution in [0.1, 0.15) is 27.8 Å². The average Bonchev–Trinajstić information content (AvgIpc) is 3.00. The van der Waals surface area contributed by atoms with Gasteiger partial charge in [-0.05, 0) is 11.6 Å². The van der Waals surface area contributed by atoms with E-state index >= 15 is 0 Å². The van der Waals surface area contributed by atoms with Gasteiger partial charge in [0.25, 0.3) is 5.91 Å². The van der Waals surface area contributed by atoms with Crippen molar-refractivity contribution in [3.63, 3.8) is 0 Å².